The largest absolute Gasteiger partial charge is 0.333 e. The Hall–Kier alpha value is -1.34. The van der Waals surface area contributed by atoms with Crippen LogP contribution in [-0.2, 0) is 0 Å². The van der Waals surface area contributed by atoms with Gasteiger partial charge in [0.05, 0.1) is 11.7 Å². The maximum atomic E-state index is 5.38. The van der Waals surface area contributed by atoms with Crippen molar-refractivity contribution in [3.05, 3.63) is 11.5 Å². The van der Waals surface area contributed by atoms with Crippen molar-refractivity contribution < 1.29 is 4.52 Å². The molecule has 1 fully saturated rings. The van der Waals surface area contributed by atoms with E-state index in [1.807, 2.05) is 0 Å². The minimum absolute atomic E-state index is 0.217. The second-order valence-electron chi connectivity index (χ2n) is 5.10. The fraction of sp³-hybridized carbons (Fsp3) is 0.667. The molecule has 0 radical (unpaired) electrons. The van der Waals surface area contributed by atoms with E-state index in [0.29, 0.717) is 11.8 Å². The summed E-state index contributed by atoms with van der Waals surface area (Å²) in [7, 11) is 0. The van der Waals surface area contributed by atoms with Gasteiger partial charge in [0.2, 0.25) is 0 Å². The Bertz CT molecular complexity index is 544. The zero-order chi connectivity index (χ0) is 13.2. The fourth-order valence-corrected chi connectivity index (χ4v) is 3.01. The smallest absolute Gasteiger partial charge is 0.271 e. The van der Waals surface area contributed by atoms with Crippen molar-refractivity contribution in [1.82, 2.24) is 25.0 Å². The molecule has 1 N–H and O–H groups in total. The molecule has 0 amide bonds. The molecule has 3 heterocycles. The predicted octanol–water partition coefficient (Wildman–Crippen LogP) is 2.53. The number of hydrogen-bond donors (Lipinski definition) is 1. The standard InChI is InChI=1S/C12H17N5OS/c1-7(2)9-10(19-17-15-9)12-14-11(16-18-12)8-5-3-4-6-13-8/h7-8,13H,3-6H2,1-2H3. The normalized spacial score (nSPS) is 20.1. The Balaban J connectivity index is 1.86. The molecule has 1 saturated heterocycles. The van der Waals surface area contributed by atoms with E-state index >= 15 is 0 Å². The summed E-state index contributed by atoms with van der Waals surface area (Å²) in [5, 5.41) is 11.7. The van der Waals surface area contributed by atoms with Crippen LogP contribution in [0.2, 0.25) is 0 Å². The van der Waals surface area contributed by atoms with E-state index in [9.17, 15) is 0 Å². The Morgan fingerprint density at radius 2 is 2.26 bits per heavy atom. The first-order chi connectivity index (χ1) is 9.25. The number of nitrogens with one attached hydrogen (secondary N) is 1. The van der Waals surface area contributed by atoms with Crippen LogP contribution in [0.4, 0.5) is 0 Å². The van der Waals surface area contributed by atoms with Crippen molar-refractivity contribution >= 4 is 11.5 Å². The summed E-state index contributed by atoms with van der Waals surface area (Å²) in [5.74, 6) is 1.59. The van der Waals surface area contributed by atoms with Crippen molar-refractivity contribution in [3.63, 3.8) is 0 Å². The van der Waals surface area contributed by atoms with E-state index in [2.05, 4.69) is 38.9 Å². The van der Waals surface area contributed by atoms with E-state index in [1.54, 1.807) is 0 Å². The highest BCUT2D eigenvalue weighted by Crippen LogP contribution is 2.30. The maximum absolute atomic E-state index is 5.38. The lowest BCUT2D eigenvalue weighted by Gasteiger charge is -2.19. The third kappa shape index (κ3) is 2.52. The fourth-order valence-electron chi connectivity index (χ4n) is 2.26. The maximum Gasteiger partial charge on any atom is 0.271 e. The predicted molar refractivity (Wildman–Crippen MR) is 71.9 cm³/mol. The number of hydrogen-bond acceptors (Lipinski definition) is 7. The molecule has 1 atom stereocenters. The van der Waals surface area contributed by atoms with Crippen LogP contribution in [0.5, 0.6) is 0 Å². The molecule has 0 spiro atoms. The van der Waals surface area contributed by atoms with Gasteiger partial charge in [0, 0.05) is 0 Å². The summed E-state index contributed by atoms with van der Waals surface area (Å²) in [6.45, 7) is 5.19. The van der Waals surface area contributed by atoms with Crippen molar-refractivity contribution in [1.29, 1.82) is 0 Å². The van der Waals surface area contributed by atoms with E-state index in [-0.39, 0.29) is 6.04 Å². The van der Waals surface area contributed by atoms with Gasteiger partial charge in [-0.2, -0.15) is 4.98 Å². The highest BCUT2D eigenvalue weighted by molar-refractivity contribution is 7.09. The van der Waals surface area contributed by atoms with Gasteiger partial charge in [0.1, 0.15) is 4.88 Å². The quantitative estimate of drug-likeness (QED) is 0.930. The summed E-state index contributed by atoms with van der Waals surface area (Å²) < 4.78 is 9.37. The van der Waals surface area contributed by atoms with Gasteiger partial charge in [-0.15, -0.1) is 5.10 Å². The van der Waals surface area contributed by atoms with Crippen LogP contribution in [-0.4, -0.2) is 26.3 Å². The first kappa shape index (κ1) is 12.7. The van der Waals surface area contributed by atoms with Gasteiger partial charge < -0.3 is 9.84 Å². The van der Waals surface area contributed by atoms with E-state index in [1.165, 1.54) is 24.4 Å². The molecule has 1 aliphatic rings. The lowest BCUT2D eigenvalue weighted by atomic mass is 10.0. The molecule has 1 unspecified atom stereocenters. The molecule has 6 nitrogen and oxygen atoms in total. The average molecular weight is 279 g/mol. The Kier molecular flexibility index (Phi) is 3.56. The molecule has 0 bridgehead atoms. The van der Waals surface area contributed by atoms with Crippen LogP contribution in [0.25, 0.3) is 10.8 Å². The van der Waals surface area contributed by atoms with Crippen LogP contribution in [0, 0.1) is 0 Å². The number of aromatic nitrogens is 4. The lowest BCUT2D eigenvalue weighted by molar-refractivity contribution is 0.367. The summed E-state index contributed by atoms with van der Waals surface area (Å²) in [6, 6.07) is 0.217. The molecule has 0 saturated carbocycles. The number of nitrogens with zero attached hydrogens (tertiary/aromatic N) is 4. The van der Waals surface area contributed by atoms with Crippen LogP contribution in [0.15, 0.2) is 4.52 Å². The third-order valence-corrected chi connectivity index (χ3v) is 4.05. The van der Waals surface area contributed by atoms with Crippen molar-refractivity contribution in [2.45, 2.75) is 45.1 Å². The van der Waals surface area contributed by atoms with Gasteiger partial charge in [-0.3, -0.25) is 0 Å². The van der Waals surface area contributed by atoms with E-state index < -0.39 is 0 Å². The van der Waals surface area contributed by atoms with Crippen LogP contribution in [0.3, 0.4) is 0 Å². The number of piperidine rings is 1. The van der Waals surface area contributed by atoms with Gasteiger partial charge in [-0.25, -0.2) is 0 Å². The van der Waals surface area contributed by atoms with Gasteiger partial charge in [-0.1, -0.05) is 29.9 Å². The summed E-state index contributed by atoms with van der Waals surface area (Å²) in [6.07, 6.45) is 3.50. The first-order valence-electron chi connectivity index (χ1n) is 6.65. The summed E-state index contributed by atoms with van der Waals surface area (Å²) in [5.41, 5.74) is 0.928. The minimum Gasteiger partial charge on any atom is -0.333 e. The van der Waals surface area contributed by atoms with Crippen LogP contribution >= 0.6 is 11.5 Å². The molecule has 3 rings (SSSR count). The molecular formula is C12H17N5OS. The molecule has 7 heteroatoms. The SMILES string of the molecule is CC(C)c1nnsc1-c1nc(C2CCCCN2)no1. The Labute approximate surface area is 115 Å². The molecule has 102 valence electrons. The van der Waals surface area contributed by atoms with Crippen molar-refractivity contribution in [2.24, 2.45) is 0 Å². The topological polar surface area (TPSA) is 76.7 Å². The van der Waals surface area contributed by atoms with Crippen molar-refractivity contribution in [2.75, 3.05) is 6.54 Å². The molecule has 2 aromatic heterocycles. The summed E-state index contributed by atoms with van der Waals surface area (Å²) >= 11 is 1.31. The van der Waals surface area contributed by atoms with Crippen LogP contribution in [0.1, 0.15) is 56.6 Å². The average Bonchev–Trinajstić information content (AvgIpc) is 3.08. The molecular weight excluding hydrogens is 262 g/mol. The van der Waals surface area contributed by atoms with Gasteiger partial charge in [0.15, 0.2) is 5.82 Å². The molecule has 2 aromatic rings. The van der Waals surface area contributed by atoms with Gasteiger partial charge in [0.25, 0.3) is 5.89 Å². The zero-order valence-corrected chi connectivity index (χ0v) is 11.9. The molecule has 1 aliphatic heterocycles. The second kappa shape index (κ2) is 5.34. The van der Waals surface area contributed by atoms with Crippen LogP contribution < -0.4 is 5.32 Å². The van der Waals surface area contributed by atoms with E-state index in [0.717, 1.165) is 29.4 Å². The third-order valence-electron chi connectivity index (χ3n) is 3.32. The molecule has 0 aliphatic carbocycles. The first-order valence-corrected chi connectivity index (χ1v) is 7.42. The van der Waals surface area contributed by atoms with E-state index in [4.69, 9.17) is 4.52 Å². The lowest BCUT2D eigenvalue weighted by Crippen LogP contribution is -2.27. The molecule has 0 aromatic carbocycles. The van der Waals surface area contributed by atoms with Gasteiger partial charge in [-0.05, 0) is 36.8 Å². The Morgan fingerprint density at radius 1 is 1.37 bits per heavy atom. The Morgan fingerprint density at radius 3 is 3.00 bits per heavy atom. The minimum atomic E-state index is 0.217. The highest BCUT2D eigenvalue weighted by atomic mass is 32.1. The molecule has 19 heavy (non-hydrogen) atoms. The second-order valence-corrected chi connectivity index (χ2v) is 5.86. The van der Waals surface area contributed by atoms with Gasteiger partial charge >= 0.3 is 0 Å². The summed E-state index contributed by atoms with van der Waals surface area (Å²) in [4.78, 5) is 5.40. The number of rotatable bonds is 3. The zero-order valence-electron chi connectivity index (χ0n) is 11.1. The van der Waals surface area contributed by atoms with Crippen molar-refractivity contribution in [3.8, 4) is 10.8 Å². The monoisotopic (exact) mass is 279 g/mol. The highest BCUT2D eigenvalue weighted by Gasteiger charge is 2.23.